The highest BCUT2D eigenvalue weighted by Gasteiger charge is 2.20. The molecule has 0 radical (unpaired) electrons. The summed E-state index contributed by atoms with van der Waals surface area (Å²) in [5, 5.41) is 7.36. The van der Waals surface area contributed by atoms with Crippen molar-refractivity contribution in [1.29, 1.82) is 0 Å². The summed E-state index contributed by atoms with van der Waals surface area (Å²) in [6.07, 6.45) is 0.283. The Hall–Kier alpha value is -2.51. The number of hydrogen-bond donors (Lipinski definition) is 0. The maximum Gasteiger partial charge on any atom is 0.229 e. The van der Waals surface area contributed by atoms with Gasteiger partial charge in [-0.2, -0.15) is 5.10 Å². The first-order chi connectivity index (χ1) is 13.5. The summed E-state index contributed by atoms with van der Waals surface area (Å²) < 4.78 is 7.07. The van der Waals surface area contributed by atoms with E-state index in [1.54, 1.807) is 18.4 Å². The van der Waals surface area contributed by atoms with Crippen molar-refractivity contribution in [3.05, 3.63) is 58.4 Å². The maximum atomic E-state index is 13.0. The zero-order chi connectivity index (χ0) is 20.1. The molecule has 0 aliphatic rings. The number of hydrogen-bond acceptors (Lipinski definition) is 5. The lowest BCUT2D eigenvalue weighted by Crippen LogP contribution is -2.35. The predicted octanol–water partition coefficient (Wildman–Crippen LogP) is 3.38. The Bertz CT molecular complexity index is 933. The van der Waals surface area contributed by atoms with Crippen LogP contribution in [0.4, 0.5) is 0 Å². The summed E-state index contributed by atoms with van der Waals surface area (Å²) in [7, 11) is 3.57. The van der Waals surface area contributed by atoms with Gasteiger partial charge in [-0.25, -0.2) is 4.98 Å². The first-order valence-corrected chi connectivity index (χ1v) is 10.1. The quantitative estimate of drug-likeness (QED) is 0.584. The summed E-state index contributed by atoms with van der Waals surface area (Å²) in [4.78, 5) is 19.5. The molecule has 2 heterocycles. The Labute approximate surface area is 169 Å². The van der Waals surface area contributed by atoms with Crippen LogP contribution in [0.2, 0.25) is 0 Å². The van der Waals surface area contributed by atoms with Gasteiger partial charge in [0.05, 0.1) is 24.4 Å². The molecule has 0 bridgehead atoms. The third kappa shape index (κ3) is 4.66. The number of aryl methyl sites for hydroxylation is 2. The molecule has 3 rings (SSSR count). The Morgan fingerprint density at radius 1 is 1.25 bits per heavy atom. The average Bonchev–Trinajstić information content (AvgIpc) is 3.25. The highest BCUT2D eigenvalue weighted by Crippen LogP contribution is 2.24. The van der Waals surface area contributed by atoms with Crippen LogP contribution in [-0.4, -0.2) is 45.8 Å². The molecule has 7 heteroatoms. The molecule has 0 aliphatic heterocycles. The minimum atomic E-state index is 0.0459. The van der Waals surface area contributed by atoms with E-state index in [4.69, 9.17) is 4.74 Å². The third-order valence-electron chi connectivity index (χ3n) is 4.83. The lowest BCUT2D eigenvalue weighted by Gasteiger charge is -2.22. The number of amides is 1. The minimum Gasteiger partial charge on any atom is -0.383 e. The first kappa shape index (κ1) is 20.2. The van der Waals surface area contributed by atoms with Gasteiger partial charge >= 0.3 is 0 Å². The van der Waals surface area contributed by atoms with Crippen molar-refractivity contribution in [3.8, 4) is 10.6 Å². The fourth-order valence-corrected chi connectivity index (χ4v) is 3.92. The first-order valence-electron chi connectivity index (χ1n) is 9.25. The predicted molar refractivity (Wildman–Crippen MR) is 111 cm³/mol. The normalized spacial score (nSPS) is 11.0. The van der Waals surface area contributed by atoms with E-state index in [2.05, 4.69) is 10.1 Å². The number of ether oxygens (including phenoxy) is 1. The number of carbonyl (C=O) groups is 1. The zero-order valence-electron chi connectivity index (χ0n) is 16.8. The van der Waals surface area contributed by atoms with Crippen LogP contribution in [0.5, 0.6) is 0 Å². The molecule has 0 unspecified atom stereocenters. The van der Waals surface area contributed by atoms with E-state index < -0.39 is 0 Å². The van der Waals surface area contributed by atoms with Crippen molar-refractivity contribution < 1.29 is 9.53 Å². The van der Waals surface area contributed by atoms with Gasteiger partial charge in [-0.1, -0.05) is 30.3 Å². The average molecular weight is 399 g/mol. The van der Waals surface area contributed by atoms with Gasteiger partial charge in [-0.15, -0.1) is 11.3 Å². The number of thiazole rings is 1. The molecular formula is C21H26N4O2S. The molecule has 1 amide bonds. The van der Waals surface area contributed by atoms with Crippen LogP contribution >= 0.6 is 11.3 Å². The van der Waals surface area contributed by atoms with E-state index in [0.717, 1.165) is 33.2 Å². The Balaban J connectivity index is 1.74. The van der Waals surface area contributed by atoms with Crippen LogP contribution in [0.1, 0.15) is 22.6 Å². The Morgan fingerprint density at radius 3 is 2.64 bits per heavy atom. The highest BCUT2D eigenvalue weighted by molar-refractivity contribution is 7.13. The summed E-state index contributed by atoms with van der Waals surface area (Å²) >= 11 is 1.57. The number of methoxy groups -OCH3 is 1. The molecule has 0 saturated heterocycles. The van der Waals surface area contributed by atoms with Gasteiger partial charge in [0.15, 0.2) is 0 Å². The van der Waals surface area contributed by atoms with Crippen molar-refractivity contribution in [1.82, 2.24) is 19.7 Å². The second-order valence-electron chi connectivity index (χ2n) is 6.77. The van der Waals surface area contributed by atoms with Crippen molar-refractivity contribution in [2.75, 3.05) is 20.3 Å². The monoisotopic (exact) mass is 398 g/mol. The molecule has 3 aromatic rings. The van der Waals surface area contributed by atoms with Crippen LogP contribution < -0.4 is 0 Å². The molecule has 0 atom stereocenters. The summed E-state index contributed by atoms with van der Waals surface area (Å²) in [6, 6.07) is 10.0. The lowest BCUT2D eigenvalue weighted by atomic mass is 10.1. The number of carbonyl (C=O) groups excluding carboxylic acids is 1. The van der Waals surface area contributed by atoms with Crippen LogP contribution in [0.3, 0.4) is 0 Å². The fourth-order valence-electron chi connectivity index (χ4n) is 3.10. The number of benzene rings is 1. The van der Waals surface area contributed by atoms with Crippen molar-refractivity contribution in [2.24, 2.45) is 7.05 Å². The van der Waals surface area contributed by atoms with Gasteiger partial charge in [0, 0.05) is 49.4 Å². The van der Waals surface area contributed by atoms with E-state index in [-0.39, 0.29) is 12.3 Å². The van der Waals surface area contributed by atoms with Gasteiger partial charge in [-0.05, 0) is 13.8 Å². The van der Waals surface area contributed by atoms with Gasteiger partial charge in [0.1, 0.15) is 5.01 Å². The molecule has 148 valence electrons. The molecule has 0 N–H and O–H groups in total. The second kappa shape index (κ2) is 9.12. The molecule has 6 nitrogen and oxygen atoms in total. The van der Waals surface area contributed by atoms with E-state index in [1.807, 2.05) is 66.2 Å². The van der Waals surface area contributed by atoms with Crippen LogP contribution in [0.25, 0.3) is 10.6 Å². The molecule has 1 aromatic carbocycles. The molecule has 0 spiro atoms. The zero-order valence-corrected chi connectivity index (χ0v) is 17.6. The molecule has 0 aliphatic carbocycles. The topological polar surface area (TPSA) is 60.2 Å². The van der Waals surface area contributed by atoms with Gasteiger partial charge in [0.25, 0.3) is 0 Å². The van der Waals surface area contributed by atoms with Crippen molar-refractivity contribution >= 4 is 17.2 Å². The standard InChI is InChI=1S/C21H26N4O2S/c1-15-19(16(2)24(3)23-15)13-25(10-11-27-4)20(26)12-18-14-28-21(22-18)17-8-6-5-7-9-17/h5-9,14H,10-13H2,1-4H3. The van der Waals surface area contributed by atoms with E-state index in [0.29, 0.717) is 19.7 Å². The Morgan fingerprint density at radius 2 is 2.00 bits per heavy atom. The van der Waals surface area contributed by atoms with Crippen LogP contribution in [0.15, 0.2) is 35.7 Å². The molecular weight excluding hydrogens is 372 g/mol. The third-order valence-corrected chi connectivity index (χ3v) is 5.77. The maximum absolute atomic E-state index is 13.0. The lowest BCUT2D eigenvalue weighted by molar-refractivity contribution is -0.131. The van der Waals surface area contributed by atoms with Crippen LogP contribution in [0, 0.1) is 13.8 Å². The number of nitrogens with zero attached hydrogens (tertiary/aromatic N) is 4. The summed E-state index contributed by atoms with van der Waals surface area (Å²) in [6.45, 7) is 5.58. The van der Waals surface area contributed by atoms with Gasteiger partial charge in [-0.3, -0.25) is 9.48 Å². The van der Waals surface area contributed by atoms with Gasteiger partial charge < -0.3 is 9.64 Å². The van der Waals surface area contributed by atoms with Crippen LogP contribution in [-0.2, 0) is 29.5 Å². The van der Waals surface area contributed by atoms with E-state index in [1.165, 1.54) is 0 Å². The summed E-state index contributed by atoms with van der Waals surface area (Å²) in [5.41, 5.74) is 5.00. The SMILES string of the molecule is COCCN(Cc1c(C)nn(C)c1C)C(=O)Cc1csc(-c2ccccc2)n1. The molecule has 2 aromatic heterocycles. The Kier molecular flexibility index (Phi) is 6.59. The van der Waals surface area contributed by atoms with E-state index in [9.17, 15) is 4.79 Å². The van der Waals surface area contributed by atoms with E-state index >= 15 is 0 Å². The van der Waals surface area contributed by atoms with Crippen molar-refractivity contribution in [3.63, 3.8) is 0 Å². The molecule has 0 fully saturated rings. The second-order valence-corrected chi connectivity index (χ2v) is 7.63. The highest BCUT2D eigenvalue weighted by atomic mass is 32.1. The number of rotatable bonds is 8. The molecule has 0 saturated carbocycles. The smallest absolute Gasteiger partial charge is 0.229 e. The molecule has 28 heavy (non-hydrogen) atoms. The summed E-state index contributed by atoms with van der Waals surface area (Å²) in [5.74, 6) is 0.0459. The fraction of sp³-hybridized carbons (Fsp3) is 0.381. The van der Waals surface area contributed by atoms with Gasteiger partial charge in [0.2, 0.25) is 5.91 Å². The minimum absolute atomic E-state index is 0.0459. The largest absolute Gasteiger partial charge is 0.383 e. The van der Waals surface area contributed by atoms with Crippen molar-refractivity contribution in [2.45, 2.75) is 26.8 Å². The number of aromatic nitrogens is 3.